The van der Waals surface area contributed by atoms with Crippen molar-refractivity contribution in [3.05, 3.63) is 64.8 Å². The Hall–Kier alpha value is -2.64. The highest BCUT2D eigenvalue weighted by atomic mass is 35.5. The standard InChI is InChI=1S/C19H17ClN2O4S/c1-3-26-19(23)17-16(13-6-8-14(20)9-7-13)18(22-21-17)27(24,25)15-10-4-12(2)5-11-15/h4-11H,3H2,1-2H3,(H,21,22). The van der Waals surface area contributed by atoms with E-state index in [9.17, 15) is 13.2 Å². The van der Waals surface area contributed by atoms with Crippen LogP contribution in [0.2, 0.25) is 5.02 Å². The fourth-order valence-electron chi connectivity index (χ4n) is 2.59. The number of ether oxygens (including phenoxy) is 1. The summed E-state index contributed by atoms with van der Waals surface area (Å²) in [6.07, 6.45) is 0. The van der Waals surface area contributed by atoms with Gasteiger partial charge in [0.05, 0.1) is 17.1 Å². The first-order valence-electron chi connectivity index (χ1n) is 8.17. The van der Waals surface area contributed by atoms with Crippen molar-refractivity contribution in [3.63, 3.8) is 0 Å². The minimum Gasteiger partial charge on any atom is -0.461 e. The average molecular weight is 405 g/mol. The molecule has 1 N–H and O–H groups in total. The monoisotopic (exact) mass is 404 g/mol. The van der Waals surface area contributed by atoms with E-state index >= 15 is 0 Å². The van der Waals surface area contributed by atoms with Crippen LogP contribution in [-0.2, 0) is 14.6 Å². The predicted octanol–water partition coefficient (Wildman–Crippen LogP) is 4.05. The van der Waals surface area contributed by atoms with Crippen molar-refractivity contribution < 1.29 is 17.9 Å². The van der Waals surface area contributed by atoms with Gasteiger partial charge in [0.1, 0.15) is 0 Å². The van der Waals surface area contributed by atoms with E-state index < -0.39 is 15.8 Å². The van der Waals surface area contributed by atoms with Crippen molar-refractivity contribution in [2.75, 3.05) is 6.61 Å². The van der Waals surface area contributed by atoms with Gasteiger partial charge in [0.25, 0.3) is 0 Å². The molecule has 0 aliphatic carbocycles. The number of carbonyl (C=O) groups excluding carboxylic acids is 1. The molecule has 0 spiro atoms. The summed E-state index contributed by atoms with van der Waals surface area (Å²) in [4.78, 5) is 12.4. The van der Waals surface area contributed by atoms with Crippen molar-refractivity contribution in [2.45, 2.75) is 23.8 Å². The van der Waals surface area contributed by atoms with Gasteiger partial charge in [0.15, 0.2) is 10.7 Å². The van der Waals surface area contributed by atoms with Crippen LogP contribution in [0.1, 0.15) is 23.0 Å². The largest absolute Gasteiger partial charge is 0.461 e. The lowest BCUT2D eigenvalue weighted by atomic mass is 10.1. The van der Waals surface area contributed by atoms with E-state index in [2.05, 4.69) is 10.2 Å². The molecule has 140 valence electrons. The SMILES string of the molecule is CCOC(=O)c1n[nH]c(S(=O)(=O)c2ccc(C)cc2)c1-c1ccc(Cl)cc1. The van der Waals surface area contributed by atoms with E-state index in [-0.39, 0.29) is 27.8 Å². The molecule has 0 radical (unpaired) electrons. The molecule has 1 heterocycles. The zero-order chi connectivity index (χ0) is 19.6. The smallest absolute Gasteiger partial charge is 0.359 e. The number of nitrogens with one attached hydrogen (secondary N) is 1. The zero-order valence-electron chi connectivity index (χ0n) is 14.7. The van der Waals surface area contributed by atoms with Gasteiger partial charge < -0.3 is 4.74 Å². The zero-order valence-corrected chi connectivity index (χ0v) is 16.3. The minimum absolute atomic E-state index is 0.0927. The second-order valence-corrected chi connectivity index (χ2v) is 8.14. The molecule has 6 nitrogen and oxygen atoms in total. The van der Waals surface area contributed by atoms with Crippen LogP contribution in [0.5, 0.6) is 0 Å². The molecule has 0 aliphatic rings. The molecule has 0 fully saturated rings. The molecule has 0 saturated carbocycles. The number of hydrogen-bond donors (Lipinski definition) is 1. The van der Waals surface area contributed by atoms with Gasteiger partial charge in [-0.2, -0.15) is 5.10 Å². The molecular weight excluding hydrogens is 388 g/mol. The Bertz CT molecular complexity index is 1070. The number of esters is 1. The van der Waals surface area contributed by atoms with Gasteiger partial charge >= 0.3 is 5.97 Å². The maximum absolute atomic E-state index is 13.2. The van der Waals surface area contributed by atoms with E-state index in [1.807, 2.05) is 6.92 Å². The second-order valence-electron chi connectivity index (χ2n) is 5.82. The number of aryl methyl sites for hydroxylation is 1. The summed E-state index contributed by atoms with van der Waals surface area (Å²) in [5.74, 6) is -0.705. The molecule has 0 aliphatic heterocycles. The third kappa shape index (κ3) is 3.74. The maximum Gasteiger partial charge on any atom is 0.359 e. The third-order valence-electron chi connectivity index (χ3n) is 3.93. The number of halogens is 1. The Morgan fingerprint density at radius 1 is 1.11 bits per heavy atom. The Labute approximate surface area is 162 Å². The van der Waals surface area contributed by atoms with Gasteiger partial charge in [-0.15, -0.1) is 0 Å². The molecule has 0 bridgehead atoms. The highest BCUT2D eigenvalue weighted by Gasteiger charge is 2.30. The number of nitrogens with zero attached hydrogens (tertiary/aromatic N) is 1. The molecule has 0 unspecified atom stereocenters. The lowest BCUT2D eigenvalue weighted by Crippen LogP contribution is -2.08. The van der Waals surface area contributed by atoms with Gasteiger partial charge in [-0.25, -0.2) is 13.2 Å². The number of aromatic amines is 1. The first-order valence-corrected chi connectivity index (χ1v) is 10.0. The van der Waals surface area contributed by atoms with Crippen LogP contribution in [0.15, 0.2) is 58.5 Å². The number of benzene rings is 2. The minimum atomic E-state index is -3.93. The van der Waals surface area contributed by atoms with Gasteiger partial charge in [0, 0.05) is 5.02 Å². The van der Waals surface area contributed by atoms with Crippen LogP contribution in [0.25, 0.3) is 11.1 Å². The molecule has 1 aromatic heterocycles. The van der Waals surface area contributed by atoms with Crippen LogP contribution in [0.3, 0.4) is 0 Å². The topological polar surface area (TPSA) is 89.1 Å². The number of H-pyrrole nitrogens is 1. The fourth-order valence-corrected chi connectivity index (χ4v) is 4.09. The number of hydrogen-bond acceptors (Lipinski definition) is 5. The number of sulfone groups is 1. The van der Waals surface area contributed by atoms with E-state index in [1.54, 1.807) is 43.3 Å². The van der Waals surface area contributed by atoms with Crippen molar-refractivity contribution in [3.8, 4) is 11.1 Å². The predicted molar refractivity (Wildman–Crippen MR) is 102 cm³/mol. The van der Waals surface area contributed by atoms with E-state index in [4.69, 9.17) is 16.3 Å². The van der Waals surface area contributed by atoms with Crippen LogP contribution >= 0.6 is 11.6 Å². The van der Waals surface area contributed by atoms with E-state index in [0.717, 1.165) is 5.56 Å². The number of rotatable bonds is 5. The van der Waals surface area contributed by atoms with E-state index in [1.165, 1.54) is 12.1 Å². The quantitative estimate of drug-likeness (QED) is 0.648. The van der Waals surface area contributed by atoms with Crippen LogP contribution in [0, 0.1) is 6.92 Å². The Balaban J connectivity index is 2.22. The van der Waals surface area contributed by atoms with Crippen LogP contribution < -0.4 is 0 Å². The summed E-state index contributed by atoms with van der Waals surface area (Å²) in [6.45, 7) is 3.67. The molecule has 0 amide bonds. The molecule has 3 rings (SSSR count). The molecule has 0 atom stereocenters. The van der Waals surface area contributed by atoms with Crippen LogP contribution in [-0.4, -0.2) is 31.2 Å². The van der Waals surface area contributed by atoms with Crippen molar-refractivity contribution in [1.29, 1.82) is 0 Å². The molecule has 0 saturated heterocycles. The summed E-state index contributed by atoms with van der Waals surface area (Å²) >= 11 is 5.93. The maximum atomic E-state index is 13.2. The molecular formula is C19H17ClN2O4S. The summed E-state index contributed by atoms with van der Waals surface area (Å²) in [5.41, 5.74) is 1.49. The van der Waals surface area contributed by atoms with Gasteiger partial charge in [-0.3, -0.25) is 5.10 Å². The van der Waals surface area contributed by atoms with Crippen molar-refractivity contribution in [1.82, 2.24) is 10.2 Å². The first kappa shape index (κ1) is 19.1. The average Bonchev–Trinajstić information content (AvgIpc) is 3.09. The lowest BCUT2D eigenvalue weighted by molar-refractivity contribution is 0.0520. The van der Waals surface area contributed by atoms with Crippen LogP contribution in [0.4, 0.5) is 0 Å². The highest BCUT2D eigenvalue weighted by molar-refractivity contribution is 7.91. The fraction of sp³-hybridized carbons (Fsp3) is 0.158. The normalized spacial score (nSPS) is 11.4. The van der Waals surface area contributed by atoms with Crippen molar-refractivity contribution >= 4 is 27.4 Å². The Morgan fingerprint density at radius 2 is 1.74 bits per heavy atom. The van der Waals surface area contributed by atoms with Crippen molar-refractivity contribution in [2.24, 2.45) is 0 Å². The Kier molecular flexibility index (Phi) is 5.34. The van der Waals surface area contributed by atoms with E-state index in [0.29, 0.717) is 10.6 Å². The highest BCUT2D eigenvalue weighted by Crippen LogP contribution is 2.33. The molecule has 27 heavy (non-hydrogen) atoms. The van der Waals surface area contributed by atoms with Gasteiger partial charge in [0.2, 0.25) is 9.84 Å². The van der Waals surface area contributed by atoms with Gasteiger partial charge in [-0.1, -0.05) is 41.4 Å². The number of aromatic nitrogens is 2. The third-order valence-corrected chi connectivity index (χ3v) is 5.91. The molecule has 3 aromatic rings. The van der Waals surface area contributed by atoms with Gasteiger partial charge in [-0.05, 0) is 43.7 Å². The molecule has 8 heteroatoms. The number of carbonyl (C=O) groups is 1. The summed E-state index contributed by atoms with van der Waals surface area (Å²) in [7, 11) is -3.93. The summed E-state index contributed by atoms with van der Waals surface area (Å²) in [6, 6.07) is 12.9. The summed E-state index contributed by atoms with van der Waals surface area (Å²) < 4.78 is 31.3. The second kappa shape index (κ2) is 7.54. The summed E-state index contributed by atoms with van der Waals surface area (Å²) in [5, 5.41) is 6.76. The molecule has 2 aromatic carbocycles. The first-order chi connectivity index (χ1) is 12.8. The Morgan fingerprint density at radius 3 is 2.33 bits per heavy atom. The lowest BCUT2D eigenvalue weighted by Gasteiger charge is -2.08.